The predicted octanol–water partition coefficient (Wildman–Crippen LogP) is 1.96. The third kappa shape index (κ3) is 6.43. The van der Waals surface area contributed by atoms with Crippen molar-refractivity contribution in [1.29, 1.82) is 0 Å². The van der Waals surface area contributed by atoms with Crippen LogP contribution in [0, 0.1) is 0 Å². The van der Waals surface area contributed by atoms with Crippen LogP contribution in [0.25, 0.3) is 10.4 Å². The lowest BCUT2D eigenvalue weighted by molar-refractivity contribution is -0.147. The maximum atomic E-state index is 11.7. The molecule has 1 aromatic rings. The van der Waals surface area contributed by atoms with E-state index >= 15 is 0 Å². The van der Waals surface area contributed by atoms with Gasteiger partial charge in [-0.05, 0) is 30.2 Å². The first-order chi connectivity index (χ1) is 11.6. The molecule has 0 spiro atoms. The fraction of sp³-hybridized carbons (Fsp3) is 0.533. The van der Waals surface area contributed by atoms with E-state index in [1.54, 1.807) is 38.3 Å². The molecule has 0 fully saturated rings. The first-order valence-electron chi connectivity index (χ1n) is 7.32. The lowest BCUT2D eigenvalue weighted by Crippen LogP contribution is -2.28. The summed E-state index contributed by atoms with van der Waals surface area (Å²) in [5.74, 6) is -0.255. The summed E-state index contributed by atoms with van der Waals surface area (Å²) in [5, 5.41) is 13.5. The zero-order valence-electron chi connectivity index (χ0n) is 13.6. The molecule has 1 rings (SSSR count). The van der Waals surface area contributed by atoms with Crippen LogP contribution in [-0.2, 0) is 19.0 Å². The zero-order chi connectivity index (χ0) is 17.8. The molecule has 132 valence electrons. The standard InChI is InChI=1S/C15H21N3O6/c1-3-23-15(20)13(17-18-16)14(19)11-4-6-12(7-5-11)24-10-22-9-8-21-2/h4-7,13-14,19H,3,8-10H2,1-2H3/t13-,14-/m0/s1. The molecule has 24 heavy (non-hydrogen) atoms. The van der Waals surface area contributed by atoms with Crippen molar-refractivity contribution in [2.45, 2.75) is 19.1 Å². The maximum Gasteiger partial charge on any atom is 0.317 e. The van der Waals surface area contributed by atoms with E-state index in [-0.39, 0.29) is 13.4 Å². The van der Waals surface area contributed by atoms with Gasteiger partial charge in [0.1, 0.15) is 5.75 Å². The Morgan fingerprint density at radius 2 is 2.04 bits per heavy atom. The Morgan fingerprint density at radius 3 is 2.62 bits per heavy atom. The number of hydrogen-bond donors (Lipinski definition) is 1. The summed E-state index contributed by atoms with van der Waals surface area (Å²) >= 11 is 0. The van der Waals surface area contributed by atoms with Gasteiger partial charge < -0.3 is 24.1 Å². The van der Waals surface area contributed by atoms with E-state index in [0.29, 0.717) is 24.5 Å². The van der Waals surface area contributed by atoms with Crippen molar-refractivity contribution in [2.24, 2.45) is 5.11 Å². The van der Waals surface area contributed by atoms with E-state index in [4.69, 9.17) is 24.5 Å². The lowest BCUT2D eigenvalue weighted by atomic mass is 10.0. The largest absolute Gasteiger partial charge is 0.468 e. The number of carbonyl (C=O) groups is 1. The Bertz CT molecular complexity index is 545. The van der Waals surface area contributed by atoms with Crippen LogP contribution >= 0.6 is 0 Å². The zero-order valence-corrected chi connectivity index (χ0v) is 13.6. The van der Waals surface area contributed by atoms with Crippen LogP contribution in [0.5, 0.6) is 5.75 Å². The number of ether oxygens (including phenoxy) is 4. The quantitative estimate of drug-likeness (QED) is 0.164. The Kier molecular flexibility index (Phi) is 9.25. The van der Waals surface area contributed by atoms with Crippen LogP contribution in [0.3, 0.4) is 0 Å². The molecule has 1 N–H and O–H groups in total. The SMILES string of the molecule is CCOC(=O)[C@@H](N=[N+]=[N-])[C@@H](O)c1ccc(OCOCCOC)cc1. The summed E-state index contributed by atoms with van der Waals surface area (Å²) in [6.45, 7) is 2.70. The molecular formula is C15H21N3O6. The van der Waals surface area contributed by atoms with Gasteiger partial charge in [-0.2, -0.15) is 0 Å². The molecule has 0 bridgehead atoms. The van der Waals surface area contributed by atoms with Crippen molar-refractivity contribution in [2.75, 3.05) is 33.7 Å². The van der Waals surface area contributed by atoms with Crippen LogP contribution < -0.4 is 4.74 Å². The van der Waals surface area contributed by atoms with Crippen molar-refractivity contribution in [1.82, 2.24) is 0 Å². The van der Waals surface area contributed by atoms with Crippen LogP contribution in [0.15, 0.2) is 29.4 Å². The molecule has 0 aliphatic rings. The Labute approximate surface area is 139 Å². The molecule has 0 aromatic heterocycles. The Balaban J connectivity index is 2.65. The number of nitrogens with zero attached hydrogens (tertiary/aromatic N) is 3. The second-order valence-electron chi connectivity index (χ2n) is 4.58. The minimum Gasteiger partial charge on any atom is -0.468 e. The topological polar surface area (TPSA) is 123 Å². The fourth-order valence-electron chi connectivity index (χ4n) is 1.78. The summed E-state index contributed by atoms with van der Waals surface area (Å²) in [4.78, 5) is 14.3. The molecule has 0 heterocycles. The third-order valence-electron chi connectivity index (χ3n) is 2.97. The molecule has 0 unspecified atom stereocenters. The van der Waals surface area contributed by atoms with Gasteiger partial charge in [0.05, 0.1) is 25.9 Å². The highest BCUT2D eigenvalue weighted by Gasteiger charge is 2.28. The number of aliphatic hydroxyl groups excluding tert-OH is 1. The summed E-state index contributed by atoms with van der Waals surface area (Å²) in [6.07, 6.45) is -1.31. The molecule has 0 radical (unpaired) electrons. The third-order valence-corrected chi connectivity index (χ3v) is 2.97. The Hall–Kier alpha value is -2.32. The molecule has 0 amide bonds. The van der Waals surface area contributed by atoms with Crippen LogP contribution in [0.1, 0.15) is 18.6 Å². The first kappa shape index (κ1) is 19.7. The number of methoxy groups -OCH3 is 1. The number of hydrogen-bond acceptors (Lipinski definition) is 7. The lowest BCUT2D eigenvalue weighted by Gasteiger charge is -2.17. The summed E-state index contributed by atoms with van der Waals surface area (Å²) < 4.78 is 20.1. The van der Waals surface area contributed by atoms with Gasteiger partial charge in [-0.15, -0.1) is 0 Å². The minimum atomic E-state index is -1.35. The molecular weight excluding hydrogens is 318 g/mol. The van der Waals surface area contributed by atoms with E-state index in [1.165, 1.54) is 0 Å². The number of esters is 1. The molecule has 0 aliphatic carbocycles. The predicted molar refractivity (Wildman–Crippen MR) is 84.3 cm³/mol. The fourth-order valence-corrected chi connectivity index (χ4v) is 1.78. The van der Waals surface area contributed by atoms with Gasteiger partial charge in [0.15, 0.2) is 12.8 Å². The van der Waals surface area contributed by atoms with Gasteiger partial charge in [-0.1, -0.05) is 17.2 Å². The molecule has 2 atom stereocenters. The average Bonchev–Trinajstić information content (AvgIpc) is 2.59. The molecule has 1 aromatic carbocycles. The summed E-state index contributed by atoms with van der Waals surface area (Å²) in [7, 11) is 1.58. The van der Waals surface area contributed by atoms with Crippen molar-refractivity contribution >= 4 is 5.97 Å². The molecule has 0 saturated heterocycles. The molecule has 9 heteroatoms. The van der Waals surface area contributed by atoms with E-state index in [0.717, 1.165) is 0 Å². The highest BCUT2D eigenvalue weighted by molar-refractivity contribution is 5.77. The van der Waals surface area contributed by atoms with Crippen molar-refractivity contribution in [3.8, 4) is 5.75 Å². The van der Waals surface area contributed by atoms with Gasteiger partial charge in [-0.25, -0.2) is 0 Å². The van der Waals surface area contributed by atoms with Gasteiger partial charge in [0, 0.05) is 12.0 Å². The number of carbonyl (C=O) groups excluding carboxylic acids is 1. The minimum absolute atomic E-state index is 0.0649. The van der Waals surface area contributed by atoms with Crippen molar-refractivity contribution in [3.05, 3.63) is 40.3 Å². The van der Waals surface area contributed by atoms with E-state index in [2.05, 4.69) is 10.0 Å². The summed E-state index contributed by atoms with van der Waals surface area (Å²) in [5.41, 5.74) is 8.95. The van der Waals surface area contributed by atoms with Gasteiger partial charge >= 0.3 is 5.97 Å². The van der Waals surface area contributed by atoms with Crippen LogP contribution in [0.2, 0.25) is 0 Å². The van der Waals surface area contributed by atoms with Crippen LogP contribution in [-0.4, -0.2) is 50.8 Å². The van der Waals surface area contributed by atoms with Gasteiger partial charge in [0.2, 0.25) is 0 Å². The highest BCUT2D eigenvalue weighted by Crippen LogP contribution is 2.23. The second-order valence-corrected chi connectivity index (χ2v) is 4.58. The monoisotopic (exact) mass is 339 g/mol. The maximum absolute atomic E-state index is 11.7. The van der Waals surface area contributed by atoms with Crippen molar-refractivity contribution in [3.63, 3.8) is 0 Å². The van der Waals surface area contributed by atoms with E-state index < -0.39 is 18.1 Å². The highest BCUT2D eigenvalue weighted by atomic mass is 16.7. The van der Waals surface area contributed by atoms with Crippen molar-refractivity contribution < 1.29 is 28.8 Å². The second kappa shape index (κ2) is 11.3. The number of aliphatic hydroxyl groups is 1. The molecule has 9 nitrogen and oxygen atoms in total. The number of azide groups is 1. The first-order valence-corrected chi connectivity index (χ1v) is 7.32. The molecule has 0 aliphatic heterocycles. The smallest absolute Gasteiger partial charge is 0.317 e. The van der Waals surface area contributed by atoms with Gasteiger partial charge in [-0.3, -0.25) is 4.79 Å². The van der Waals surface area contributed by atoms with E-state index in [1.807, 2.05) is 0 Å². The van der Waals surface area contributed by atoms with Gasteiger partial charge in [0.25, 0.3) is 0 Å². The molecule has 0 saturated carbocycles. The normalized spacial score (nSPS) is 12.8. The average molecular weight is 339 g/mol. The Morgan fingerprint density at radius 1 is 1.33 bits per heavy atom. The van der Waals surface area contributed by atoms with E-state index in [9.17, 15) is 9.90 Å². The number of rotatable bonds is 11. The van der Waals surface area contributed by atoms with Crippen LogP contribution in [0.4, 0.5) is 0 Å². The summed E-state index contributed by atoms with van der Waals surface area (Å²) in [6, 6.07) is 4.99. The number of benzene rings is 1.